The monoisotopic (exact) mass is 376 g/mol. The molecular weight excluding hydrogens is 376 g/mol. The first-order chi connectivity index (χ1) is 0. The van der Waals surface area contributed by atoms with E-state index < -0.39 is 0 Å². The largest absolute Gasteiger partial charge is 2.00 e. The van der Waals surface area contributed by atoms with E-state index in [1.54, 1.807) is 0 Å². The summed E-state index contributed by atoms with van der Waals surface area (Å²) < 4.78 is 0. The van der Waals surface area contributed by atoms with E-state index in [1.165, 1.54) is 0 Å². The summed E-state index contributed by atoms with van der Waals surface area (Å²) in [6.07, 6.45) is 0. The molecule has 0 aliphatic heterocycles. The van der Waals surface area contributed by atoms with Crippen molar-refractivity contribution >= 4 is 0 Å². The van der Waals surface area contributed by atoms with Crippen molar-refractivity contribution in [1.82, 2.24) is 0 Å². The van der Waals surface area contributed by atoms with Gasteiger partial charge >= 0.3 is 50.6 Å². The van der Waals surface area contributed by atoms with Crippen LogP contribution >= 0.6 is 0 Å². The number of halogens is 4. The fourth-order valence-corrected chi connectivity index (χ4v) is 0. The van der Waals surface area contributed by atoms with E-state index in [0.29, 0.717) is 0 Å². The summed E-state index contributed by atoms with van der Waals surface area (Å²) in [4.78, 5) is 0. The van der Waals surface area contributed by atoms with Gasteiger partial charge in [0, 0.05) is 0 Å². The van der Waals surface area contributed by atoms with Crippen LogP contribution in [0.3, 0.4) is 0 Å². The first kappa shape index (κ1) is 96.5. The van der Waals surface area contributed by atoms with Crippen LogP contribution in [0, 0.1) is 0 Å². The molecule has 0 unspecified atom stereocenters. The average Bonchev–Trinajstić information content (AvgIpc) is 0. The molecule has 0 radical (unpaired) electrons. The van der Waals surface area contributed by atoms with Gasteiger partial charge in [-0.1, -0.05) is 0 Å². The van der Waals surface area contributed by atoms with Crippen molar-refractivity contribution in [1.29, 1.82) is 0 Å². The molecule has 1 nitrogen and oxygen atoms in total. The quantitative estimate of drug-likeness (QED) is 0.376. The van der Waals surface area contributed by atoms with Crippen molar-refractivity contribution in [3.8, 4) is 0 Å². The van der Waals surface area contributed by atoms with Gasteiger partial charge in [-0.05, 0) is 0 Å². The Morgan fingerprint density at radius 2 is 0.571 bits per heavy atom. The molecular formula is H2Cl4NaOPt-. The Hall–Kier alpha value is 2.81. The van der Waals surface area contributed by atoms with E-state index >= 15 is 0 Å². The third kappa shape index (κ3) is 51.8. The maximum Gasteiger partial charge on any atom is 2.00 e. The van der Waals surface area contributed by atoms with Gasteiger partial charge in [-0.2, -0.15) is 0 Å². The van der Waals surface area contributed by atoms with E-state index in [4.69, 9.17) is 0 Å². The molecule has 0 aliphatic rings. The maximum atomic E-state index is 0. The Balaban J connectivity index is 0. The topological polar surface area (TPSA) is 31.5 Å². The summed E-state index contributed by atoms with van der Waals surface area (Å²) in [5.41, 5.74) is 0. The minimum absolute atomic E-state index is 0. The Kier molecular flexibility index (Phi) is 939. The van der Waals surface area contributed by atoms with Crippen molar-refractivity contribution < 1.29 is 106 Å². The third-order valence-electron chi connectivity index (χ3n) is 0. The van der Waals surface area contributed by atoms with Crippen LogP contribution in [0.2, 0.25) is 0 Å². The summed E-state index contributed by atoms with van der Waals surface area (Å²) in [5.74, 6) is 0. The fourth-order valence-electron chi connectivity index (χ4n) is 0. The molecule has 48 valence electrons. The Morgan fingerprint density at radius 1 is 0.571 bits per heavy atom. The van der Waals surface area contributed by atoms with E-state index in [1.807, 2.05) is 0 Å². The van der Waals surface area contributed by atoms with Crippen molar-refractivity contribution in [2.24, 2.45) is 0 Å². The van der Waals surface area contributed by atoms with E-state index in [2.05, 4.69) is 0 Å². The summed E-state index contributed by atoms with van der Waals surface area (Å²) in [6.45, 7) is 0. The fraction of sp³-hybridized carbons (Fsp3) is 0. The van der Waals surface area contributed by atoms with Gasteiger partial charge in [-0.25, -0.2) is 0 Å². The first-order valence-electron chi connectivity index (χ1n) is 0. The minimum atomic E-state index is 0. The van der Waals surface area contributed by atoms with Gasteiger partial charge < -0.3 is 55.1 Å². The predicted octanol–water partition coefficient (Wildman–Crippen LogP) is -15.8. The van der Waals surface area contributed by atoms with Crippen LogP contribution in [-0.4, -0.2) is 5.48 Å². The van der Waals surface area contributed by atoms with Crippen molar-refractivity contribution in [2.45, 2.75) is 0 Å². The van der Waals surface area contributed by atoms with Gasteiger partial charge in [0.25, 0.3) is 0 Å². The van der Waals surface area contributed by atoms with Crippen LogP contribution in [0.1, 0.15) is 0 Å². The van der Waals surface area contributed by atoms with Gasteiger partial charge in [0.2, 0.25) is 0 Å². The standard InChI is InChI=1S/4ClH.Na.H2O.Pt/h4*1H;;1H2;/q;;;;+1;;+2/p-4. The normalized spacial score (nSPS) is 0. The molecule has 0 fully saturated rings. The molecule has 7 heteroatoms. The van der Waals surface area contributed by atoms with Crippen molar-refractivity contribution in [2.75, 3.05) is 0 Å². The molecule has 2 N–H and O–H groups in total. The van der Waals surface area contributed by atoms with Crippen LogP contribution in [0.5, 0.6) is 0 Å². The molecule has 0 bridgehead atoms. The van der Waals surface area contributed by atoms with Crippen LogP contribution in [0.25, 0.3) is 0 Å². The molecule has 0 amide bonds. The van der Waals surface area contributed by atoms with E-state index in [9.17, 15) is 0 Å². The maximum absolute atomic E-state index is 0. The Labute approximate surface area is 104 Å². The number of hydrogen-bond donors (Lipinski definition) is 0. The van der Waals surface area contributed by atoms with Gasteiger partial charge in [0.15, 0.2) is 0 Å². The van der Waals surface area contributed by atoms with E-state index in [0.717, 1.165) is 0 Å². The number of rotatable bonds is 0. The zero-order valence-corrected chi connectivity index (χ0v) is 10.6. The molecule has 7 heavy (non-hydrogen) atoms. The van der Waals surface area contributed by atoms with Gasteiger partial charge in [-0.15, -0.1) is 0 Å². The minimum Gasteiger partial charge on any atom is -1.00 e. The molecule has 0 aromatic carbocycles. The van der Waals surface area contributed by atoms with Crippen molar-refractivity contribution in [3.05, 3.63) is 0 Å². The molecule has 0 aromatic rings. The molecule has 0 rings (SSSR count). The molecule has 0 aliphatic carbocycles. The van der Waals surface area contributed by atoms with Gasteiger partial charge in [0.1, 0.15) is 0 Å². The average molecular weight is 378 g/mol. The van der Waals surface area contributed by atoms with E-state index in [-0.39, 0.29) is 106 Å². The van der Waals surface area contributed by atoms with Gasteiger partial charge in [-0.3, -0.25) is 0 Å². The third-order valence-corrected chi connectivity index (χ3v) is 0. The summed E-state index contributed by atoms with van der Waals surface area (Å²) in [6, 6.07) is 0. The molecule has 0 saturated carbocycles. The molecule has 0 saturated heterocycles. The molecule has 0 heterocycles. The van der Waals surface area contributed by atoms with Crippen LogP contribution in [0.4, 0.5) is 0 Å². The zero-order valence-electron chi connectivity index (χ0n) is 3.33. The van der Waals surface area contributed by atoms with Crippen LogP contribution in [-0.2, 0) is 21.1 Å². The molecule has 0 spiro atoms. The second-order valence-electron chi connectivity index (χ2n) is 0. The zero-order chi connectivity index (χ0) is 0. The summed E-state index contributed by atoms with van der Waals surface area (Å²) >= 11 is 0. The summed E-state index contributed by atoms with van der Waals surface area (Å²) in [5, 5.41) is 0. The van der Waals surface area contributed by atoms with Crippen LogP contribution in [0.15, 0.2) is 0 Å². The predicted molar refractivity (Wildman–Crippen MR) is 3.61 cm³/mol. The summed E-state index contributed by atoms with van der Waals surface area (Å²) in [7, 11) is 0. The first-order valence-corrected chi connectivity index (χ1v) is 0. The Morgan fingerprint density at radius 3 is 0.571 bits per heavy atom. The number of hydrogen-bond acceptors (Lipinski definition) is 0. The molecule has 0 atom stereocenters. The molecule has 0 aromatic heterocycles. The SMILES string of the molecule is O.[Cl-].[Cl-].[Cl-].[Cl-].[Na+].[Pt+2]. The smallest absolute Gasteiger partial charge is 1.00 e. The second kappa shape index (κ2) is 68.1. The second-order valence-corrected chi connectivity index (χ2v) is 0. The van der Waals surface area contributed by atoms with Crippen LogP contribution < -0.4 is 79.2 Å². The van der Waals surface area contributed by atoms with Crippen molar-refractivity contribution in [3.63, 3.8) is 0 Å². The Bertz CT molecular complexity index is 11.7. The van der Waals surface area contributed by atoms with Gasteiger partial charge in [0.05, 0.1) is 0 Å².